The van der Waals surface area contributed by atoms with Gasteiger partial charge in [-0.05, 0) is 30.7 Å². The van der Waals surface area contributed by atoms with Crippen LogP contribution in [-0.4, -0.2) is 15.0 Å². The first-order valence-electron chi connectivity index (χ1n) is 8.66. The van der Waals surface area contributed by atoms with Gasteiger partial charge in [0.1, 0.15) is 5.82 Å². The fourth-order valence-corrected chi connectivity index (χ4v) is 3.67. The monoisotopic (exact) mass is 405 g/mol. The molecule has 0 aliphatic carbocycles. The van der Waals surface area contributed by atoms with Gasteiger partial charge < -0.3 is 9.97 Å². The first-order chi connectivity index (χ1) is 12.7. The van der Waals surface area contributed by atoms with E-state index >= 15 is 0 Å². The molecule has 2 aromatic heterocycles. The minimum absolute atomic E-state index is 0.754. The van der Waals surface area contributed by atoms with Crippen molar-refractivity contribution < 1.29 is 0 Å². The summed E-state index contributed by atoms with van der Waals surface area (Å²) in [6.07, 6.45) is 3.49. The molecule has 0 spiro atoms. The molecule has 0 saturated carbocycles. The van der Waals surface area contributed by atoms with Gasteiger partial charge in [-0.1, -0.05) is 52.3 Å². The Morgan fingerprint density at radius 3 is 2.62 bits per heavy atom. The summed E-state index contributed by atoms with van der Waals surface area (Å²) in [5.74, 6) is 0.920. The molecule has 26 heavy (non-hydrogen) atoms. The fourth-order valence-electron chi connectivity index (χ4n) is 3.40. The summed E-state index contributed by atoms with van der Waals surface area (Å²) < 4.78 is 1.09. The maximum atomic E-state index is 4.91. The highest BCUT2D eigenvalue weighted by molar-refractivity contribution is 9.10. The van der Waals surface area contributed by atoms with Gasteiger partial charge in [-0.2, -0.15) is 0 Å². The van der Waals surface area contributed by atoms with Crippen molar-refractivity contribution in [3.8, 4) is 11.4 Å². The minimum atomic E-state index is 0.754. The van der Waals surface area contributed by atoms with E-state index in [2.05, 4.69) is 81.9 Å². The van der Waals surface area contributed by atoms with E-state index in [9.17, 15) is 0 Å². The Morgan fingerprint density at radius 2 is 1.85 bits per heavy atom. The number of aryl methyl sites for hydroxylation is 1. The number of nitrogens with zero attached hydrogens (tertiary/aromatic N) is 1. The normalized spacial score (nSPS) is 11.2. The van der Waals surface area contributed by atoms with Gasteiger partial charge in [-0.15, -0.1) is 6.58 Å². The second kappa shape index (κ2) is 6.96. The van der Waals surface area contributed by atoms with E-state index < -0.39 is 0 Å². The highest BCUT2D eigenvalue weighted by Crippen LogP contribution is 2.31. The summed E-state index contributed by atoms with van der Waals surface area (Å²) in [4.78, 5) is 11.9. The Hall–Kier alpha value is -2.59. The number of hydrogen-bond donors (Lipinski definition) is 2. The van der Waals surface area contributed by atoms with E-state index in [1.165, 1.54) is 10.9 Å². The zero-order chi connectivity index (χ0) is 18.1. The maximum absolute atomic E-state index is 4.91. The Bertz CT molecular complexity index is 1070. The third kappa shape index (κ3) is 3.13. The predicted molar refractivity (Wildman–Crippen MR) is 111 cm³/mol. The second-order valence-electron chi connectivity index (χ2n) is 6.48. The van der Waals surface area contributed by atoms with Gasteiger partial charge in [-0.3, -0.25) is 0 Å². The molecule has 4 aromatic rings. The highest BCUT2D eigenvalue weighted by atomic mass is 79.9. The summed E-state index contributed by atoms with van der Waals surface area (Å²) in [7, 11) is 0. The van der Waals surface area contributed by atoms with Crippen molar-refractivity contribution in [2.45, 2.75) is 19.8 Å². The smallest absolute Gasteiger partial charge is 0.140 e. The van der Waals surface area contributed by atoms with Crippen molar-refractivity contribution in [2.75, 3.05) is 0 Å². The van der Waals surface area contributed by atoms with E-state index in [4.69, 9.17) is 4.98 Å². The average Bonchev–Trinajstić information content (AvgIpc) is 3.17. The van der Waals surface area contributed by atoms with Crippen LogP contribution in [0, 0.1) is 6.92 Å². The number of para-hydroxylation sites is 1. The topological polar surface area (TPSA) is 44.5 Å². The third-order valence-electron chi connectivity index (χ3n) is 4.63. The van der Waals surface area contributed by atoms with Gasteiger partial charge in [-0.25, -0.2) is 4.98 Å². The summed E-state index contributed by atoms with van der Waals surface area (Å²) >= 11 is 3.49. The van der Waals surface area contributed by atoms with Gasteiger partial charge in [0.15, 0.2) is 0 Å². The molecule has 0 unspecified atom stereocenters. The number of benzene rings is 2. The van der Waals surface area contributed by atoms with Crippen molar-refractivity contribution in [1.29, 1.82) is 0 Å². The van der Waals surface area contributed by atoms with Gasteiger partial charge in [0.25, 0.3) is 0 Å². The molecule has 4 rings (SSSR count). The molecule has 2 aromatic carbocycles. The third-order valence-corrected chi connectivity index (χ3v) is 5.16. The molecular formula is C22H20BrN3. The van der Waals surface area contributed by atoms with Crippen LogP contribution in [0.15, 0.2) is 65.7 Å². The van der Waals surface area contributed by atoms with Crippen molar-refractivity contribution >= 4 is 26.8 Å². The number of H-pyrrole nitrogens is 2. The minimum Gasteiger partial charge on any atom is -0.358 e. The number of allylic oxidation sites excluding steroid dienone is 1. The lowest BCUT2D eigenvalue weighted by molar-refractivity contribution is 1.04. The molecule has 130 valence electrons. The standard InChI is InChI=1S/C22H20BrN3/c1-3-6-19-20(13-15-9-11-16(23)12-10-15)26-22(25-19)21-14(2)24-18-8-5-4-7-17(18)21/h3-5,7-12,24H,1,6,13H2,2H3,(H,25,26). The zero-order valence-electron chi connectivity index (χ0n) is 14.6. The Balaban J connectivity index is 1.79. The Morgan fingerprint density at radius 1 is 1.08 bits per heavy atom. The number of hydrogen-bond acceptors (Lipinski definition) is 1. The largest absolute Gasteiger partial charge is 0.358 e. The first-order valence-corrected chi connectivity index (χ1v) is 9.46. The number of aromatic amines is 2. The molecule has 2 heterocycles. The molecule has 0 atom stereocenters. The van der Waals surface area contributed by atoms with Crippen molar-refractivity contribution in [3.63, 3.8) is 0 Å². The number of rotatable bonds is 5. The molecule has 3 nitrogen and oxygen atoms in total. The van der Waals surface area contributed by atoms with Crippen LogP contribution < -0.4 is 0 Å². The molecule has 0 bridgehead atoms. The SMILES string of the molecule is C=CCc1nc(-c2c(C)[nH]c3ccccc23)[nH]c1Cc1ccc(Br)cc1. The Kier molecular flexibility index (Phi) is 4.51. The lowest BCUT2D eigenvalue weighted by Crippen LogP contribution is -1.94. The van der Waals surface area contributed by atoms with Gasteiger partial charge in [0.2, 0.25) is 0 Å². The van der Waals surface area contributed by atoms with E-state index in [1.54, 1.807) is 0 Å². The number of imidazole rings is 1. The van der Waals surface area contributed by atoms with E-state index in [1.807, 2.05) is 12.1 Å². The second-order valence-corrected chi connectivity index (χ2v) is 7.39. The molecule has 0 aliphatic rings. The van der Waals surface area contributed by atoms with Gasteiger partial charge in [0.05, 0.1) is 5.69 Å². The molecule has 0 aliphatic heterocycles. The predicted octanol–water partition coefficient (Wildman–Crippen LogP) is 5.95. The van der Waals surface area contributed by atoms with Crippen LogP contribution in [0.4, 0.5) is 0 Å². The van der Waals surface area contributed by atoms with E-state index in [0.29, 0.717) is 0 Å². The first kappa shape index (κ1) is 16.9. The number of halogens is 1. The molecule has 0 saturated heterocycles. The molecule has 0 amide bonds. The van der Waals surface area contributed by atoms with Crippen LogP contribution in [0.3, 0.4) is 0 Å². The maximum Gasteiger partial charge on any atom is 0.140 e. The van der Waals surface area contributed by atoms with E-state index in [-0.39, 0.29) is 0 Å². The summed E-state index contributed by atoms with van der Waals surface area (Å²) in [6.45, 7) is 5.99. The van der Waals surface area contributed by atoms with Crippen molar-refractivity contribution in [3.05, 3.63) is 88.3 Å². The lowest BCUT2D eigenvalue weighted by Gasteiger charge is -2.02. The van der Waals surface area contributed by atoms with Gasteiger partial charge in [0, 0.05) is 45.2 Å². The molecule has 0 radical (unpaired) electrons. The lowest BCUT2D eigenvalue weighted by atomic mass is 10.1. The summed E-state index contributed by atoms with van der Waals surface area (Å²) in [6, 6.07) is 16.8. The summed E-state index contributed by atoms with van der Waals surface area (Å²) in [5.41, 5.74) is 6.86. The van der Waals surface area contributed by atoms with Crippen LogP contribution in [0.25, 0.3) is 22.3 Å². The quantitative estimate of drug-likeness (QED) is 0.396. The fraction of sp³-hybridized carbons (Fsp3) is 0.136. The van der Waals surface area contributed by atoms with Gasteiger partial charge >= 0.3 is 0 Å². The summed E-state index contributed by atoms with van der Waals surface area (Å²) in [5, 5.41) is 1.19. The number of nitrogens with one attached hydrogen (secondary N) is 2. The van der Waals surface area contributed by atoms with Crippen LogP contribution in [0.2, 0.25) is 0 Å². The molecular weight excluding hydrogens is 386 g/mol. The van der Waals surface area contributed by atoms with E-state index in [0.717, 1.165) is 51.3 Å². The van der Waals surface area contributed by atoms with Crippen molar-refractivity contribution in [2.24, 2.45) is 0 Å². The highest BCUT2D eigenvalue weighted by Gasteiger charge is 2.16. The molecule has 0 fully saturated rings. The van der Waals surface area contributed by atoms with Crippen molar-refractivity contribution in [1.82, 2.24) is 15.0 Å². The average molecular weight is 406 g/mol. The number of fused-ring (bicyclic) bond motifs is 1. The van der Waals surface area contributed by atoms with Crippen LogP contribution in [-0.2, 0) is 12.8 Å². The Labute approximate surface area is 161 Å². The molecule has 4 heteroatoms. The molecule has 2 N–H and O–H groups in total. The van der Waals surface area contributed by atoms with Crippen LogP contribution in [0.1, 0.15) is 22.6 Å². The van der Waals surface area contributed by atoms with Crippen LogP contribution >= 0.6 is 15.9 Å². The van der Waals surface area contributed by atoms with Crippen LogP contribution in [0.5, 0.6) is 0 Å². The zero-order valence-corrected chi connectivity index (χ0v) is 16.2. The number of aromatic nitrogens is 3.